The summed E-state index contributed by atoms with van der Waals surface area (Å²) in [5.41, 5.74) is 16.4. The first kappa shape index (κ1) is 44.2. The zero-order chi connectivity index (χ0) is 49.7. The Morgan fingerprint density at radius 2 is 0.560 bits per heavy atom. The summed E-state index contributed by atoms with van der Waals surface area (Å²) in [6.45, 7) is 0. The van der Waals surface area contributed by atoms with Crippen LogP contribution in [0.2, 0.25) is 0 Å². The van der Waals surface area contributed by atoms with Gasteiger partial charge in [-0.3, -0.25) is 0 Å². The fraction of sp³-hybridized carbons (Fsp3) is 0. The molecule has 0 saturated heterocycles. The normalized spacial score (nSPS) is 11.7. The van der Waals surface area contributed by atoms with E-state index in [1.807, 2.05) is 0 Å². The summed E-state index contributed by atoms with van der Waals surface area (Å²) in [6, 6.07) is 113. The van der Waals surface area contributed by atoms with E-state index in [0.717, 1.165) is 33.5 Å². The van der Waals surface area contributed by atoms with Crippen LogP contribution in [0.3, 0.4) is 0 Å². The average Bonchev–Trinajstić information content (AvgIpc) is 4.03. The Morgan fingerprint density at radius 3 is 1.03 bits per heavy atom. The zero-order valence-corrected chi connectivity index (χ0v) is 42.3. The summed E-state index contributed by atoms with van der Waals surface area (Å²) >= 11 is 0. The predicted molar refractivity (Wildman–Crippen MR) is 320 cm³/mol. The van der Waals surface area contributed by atoms with Crippen molar-refractivity contribution in [3.63, 3.8) is 0 Å². The Balaban J connectivity index is 1.10. The lowest BCUT2D eigenvalue weighted by atomic mass is 9.95. The monoisotopic (exact) mass is 970 g/mol. The van der Waals surface area contributed by atoms with Crippen LogP contribution in [0.25, 0.3) is 99.5 Å². The van der Waals surface area contributed by atoms with E-state index in [4.69, 9.17) is 0 Å². The smallest absolute Gasteiger partial charge is 0.179 e. The third-order valence-corrected chi connectivity index (χ3v) is 20.2. The van der Waals surface area contributed by atoms with Gasteiger partial charge >= 0.3 is 0 Å². The lowest BCUT2D eigenvalue weighted by Crippen LogP contribution is -2.74. The summed E-state index contributed by atoms with van der Waals surface area (Å²) < 4.78 is 5.04. The number of hydrogen-bond donors (Lipinski definition) is 0. The van der Waals surface area contributed by atoms with Gasteiger partial charge in [0.05, 0.1) is 27.8 Å². The van der Waals surface area contributed by atoms with Gasteiger partial charge in [-0.15, -0.1) is 0 Å². The van der Waals surface area contributed by atoms with Crippen molar-refractivity contribution in [2.45, 2.75) is 0 Å². The molecule has 3 heteroatoms. The lowest BCUT2D eigenvalue weighted by Gasteiger charge is -2.36. The number of nitrogens with zero attached hydrogens (tertiary/aromatic N) is 2. The van der Waals surface area contributed by atoms with E-state index in [1.54, 1.807) is 0 Å². The minimum Gasteiger partial charge on any atom is -0.309 e. The molecule has 0 radical (unpaired) electrons. The van der Waals surface area contributed by atoms with Crippen molar-refractivity contribution < 1.29 is 0 Å². The average molecular weight is 971 g/mol. The minimum absolute atomic E-state index is 1.12. The third-order valence-electron chi connectivity index (χ3n) is 15.5. The minimum atomic E-state index is -3.01. The number of fused-ring (bicyclic) bond motifs is 6. The highest BCUT2D eigenvalue weighted by Crippen LogP contribution is 2.44. The Labute approximate surface area is 438 Å². The van der Waals surface area contributed by atoms with E-state index in [2.05, 4.69) is 312 Å². The SMILES string of the molecule is c1ccc(-c2ccc3c(c2)c2ccccc2n3-c2ccc3c(c2)c2cc(-c4ccccc4)ccc2n3-c2c(-c3ccccc3)cc([Si](c3ccccc3)(c3ccccc3)c3ccccc3)cc2-c2ccccc2)cc1. The van der Waals surface area contributed by atoms with Crippen LogP contribution >= 0.6 is 0 Å². The van der Waals surface area contributed by atoms with Crippen LogP contribution in [-0.4, -0.2) is 17.2 Å². The second-order valence-electron chi connectivity index (χ2n) is 19.6. The van der Waals surface area contributed by atoms with E-state index in [-0.39, 0.29) is 0 Å². The lowest BCUT2D eigenvalue weighted by molar-refractivity contribution is 1.17. The first-order valence-corrected chi connectivity index (χ1v) is 27.9. The highest BCUT2D eigenvalue weighted by molar-refractivity contribution is 7.20. The number of hydrogen-bond acceptors (Lipinski definition) is 0. The highest BCUT2D eigenvalue weighted by atomic mass is 28.3. The summed E-state index contributed by atoms with van der Waals surface area (Å²) in [7, 11) is -3.01. The van der Waals surface area contributed by atoms with Gasteiger partial charge < -0.3 is 9.13 Å². The molecule has 14 aromatic rings. The van der Waals surface area contributed by atoms with Gasteiger partial charge in [-0.1, -0.05) is 255 Å². The molecular formula is C72H50N2Si. The molecule has 12 aromatic carbocycles. The second kappa shape index (κ2) is 18.5. The van der Waals surface area contributed by atoms with Crippen LogP contribution in [0, 0.1) is 0 Å². The predicted octanol–water partition coefficient (Wildman–Crippen LogP) is 15.9. The van der Waals surface area contributed by atoms with Crippen LogP contribution < -0.4 is 20.7 Å². The van der Waals surface area contributed by atoms with Gasteiger partial charge in [-0.05, 0) is 103 Å². The fourth-order valence-corrected chi connectivity index (χ4v) is 16.9. The van der Waals surface area contributed by atoms with Crippen molar-refractivity contribution in [1.29, 1.82) is 0 Å². The molecule has 0 aliphatic heterocycles. The van der Waals surface area contributed by atoms with Crippen molar-refractivity contribution in [2.24, 2.45) is 0 Å². The van der Waals surface area contributed by atoms with Gasteiger partial charge in [0.15, 0.2) is 8.07 Å². The molecule has 2 nitrogen and oxygen atoms in total. The van der Waals surface area contributed by atoms with Crippen molar-refractivity contribution in [3.05, 3.63) is 303 Å². The first-order chi connectivity index (χ1) is 37.2. The Hall–Kier alpha value is -9.54. The second-order valence-corrected chi connectivity index (χ2v) is 23.4. The van der Waals surface area contributed by atoms with Crippen LogP contribution in [0.15, 0.2) is 303 Å². The molecule has 0 unspecified atom stereocenters. The summed E-state index contributed by atoms with van der Waals surface area (Å²) in [4.78, 5) is 0. The largest absolute Gasteiger partial charge is 0.309 e. The number of benzene rings is 12. The molecule has 0 spiro atoms. The van der Waals surface area contributed by atoms with Gasteiger partial charge in [-0.2, -0.15) is 0 Å². The molecule has 0 aliphatic carbocycles. The van der Waals surface area contributed by atoms with E-state index >= 15 is 0 Å². The molecule has 0 amide bonds. The van der Waals surface area contributed by atoms with Crippen molar-refractivity contribution in [1.82, 2.24) is 9.13 Å². The molecule has 2 aromatic heterocycles. The molecule has 0 fully saturated rings. The molecule has 0 saturated carbocycles. The van der Waals surface area contributed by atoms with E-state index in [1.165, 1.54) is 86.7 Å². The molecule has 2 heterocycles. The van der Waals surface area contributed by atoms with Crippen LogP contribution in [0.1, 0.15) is 0 Å². The molecule has 14 rings (SSSR count). The number of aromatic nitrogens is 2. The van der Waals surface area contributed by atoms with E-state index in [9.17, 15) is 0 Å². The van der Waals surface area contributed by atoms with Crippen molar-refractivity contribution in [3.8, 4) is 55.9 Å². The third kappa shape index (κ3) is 7.39. The topological polar surface area (TPSA) is 9.86 Å². The maximum atomic E-state index is 2.58. The van der Waals surface area contributed by atoms with E-state index in [0.29, 0.717) is 0 Å². The Kier molecular flexibility index (Phi) is 10.9. The van der Waals surface area contributed by atoms with Crippen molar-refractivity contribution >= 4 is 72.4 Å². The molecular weight excluding hydrogens is 921 g/mol. The van der Waals surface area contributed by atoms with E-state index < -0.39 is 8.07 Å². The number of rotatable bonds is 10. The Bertz CT molecular complexity index is 4200. The summed E-state index contributed by atoms with van der Waals surface area (Å²) in [5.74, 6) is 0. The highest BCUT2D eigenvalue weighted by Gasteiger charge is 2.42. The summed E-state index contributed by atoms with van der Waals surface area (Å²) in [6.07, 6.45) is 0. The Morgan fingerprint density at radius 1 is 0.213 bits per heavy atom. The van der Waals surface area contributed by atoms with Gasteiger partial charge in [0.2, 0.25) is 0 Å². The van der Waals surface area contributed by atoms with Crippen molar-refractivity contribution in [2.75, 3.05) is 0 Å². The molecule has 0 N–H and O–H groups in total. The van der Waals surface area contributed by atoms with Gasteiger partial charge in [0, 0.05) is 38.4 Å². The molecule has 75 heavy (non-hydrogen) atoms. The standard InChI is InChI=1S/C72H50N2Si/c1-8-24-51(25-9-1)55-40-43-69-65(46-55)62-38-22-23-39-68(62)73(69)57-42-45-71-67(48-57)66-47-56(52-26-10-2-11-27-52)41-44-70(66)74(71)72-63(53-28-12-3-13-29-53)49-61(50-64(72)54-30-14-4-15-31-54)75(58-32-16-5-17-33-58,59-34-18-6-19-35-59)60-36-20-7-21-37-60/h1-50H. The molecule has 0 aliphatic rings. The maximum absolute atomic E-state index is 3.01. The van der Waals surface area contributed by atoms with Gasteiger partial charge in [0.25, 0.3) is 0 Å². The van der Waals surface area contributed by atoms with Crippen LogP contribution in [0.5, 0.6) is 0 Å². The zero-order valence-electron chi connectivity index (χ0n) is 41.3. The molecule has 0 atom stereocenters. The quantitative estimate of drug-likeness (QED) is 0.0955. The van der Waals surface area contributed by atoms with Crippen LogP contribution in [0.4, 0.5) is 0 Å². The summed E-state index contributed by atoms with van der Waals surface area (Å²) in [5, 5.41) is 10.2. The van der Waals surface area contributed by atoms with Gasteiger partial charge in [0.1, 0.15) is 0 Å². The molecule has 352 valence electrons. The maximum Gasteiger partial charge on any atom is 0.179 e. The van der Waals surface area contributed by atoms with Gasteiger partial charge in [-0.25, -0.2) is 0 Å². The fourth-order valence-electron chi connectivity index (χ4n) is 12.1. The first-order valence-electron chi connectivity index (χ1n) is 25.9. The van der Waals surface area contributed by atoms with Crippen LogP contribution in [-0.2, 0) is 0 Å². The number of para-hydroxylation sites is 1. The molecule has 0 bridgehead atoms.